The minimum atomic E-state index is -0.460. The number of carbonyl (C=O) groups excluding carboxylic acids is 2. The molecule has 26 heavy (non-hydrogen) atoms. The van der Waals surface area contributed by atoms with Gasteiger partial charge in [0.05, 0.1) is 4.34 Å². The predicted octanol–water partition coefficient (Wildman–Crippen LogP) is 5.21. The van der Waals surface area contributed by atoms with Gasteiger partial charge in [-0.1, -0.05) is 29.3 Å². The first-order chi connectivity index (χ1) is 12.4. The van der Waals surface area contributed by atoms with E-state index in [-0.39, 0.29) is 5.91 Å². The molecule has 0 saturated carbocycles. The number of hydrogen-bond acceptors (Lipinski definition) is 4. The van der Waals surface area contributed by atoms with E-state index < -0.39 is 5.97 Å². The van der Waals surface area contributed by atoms with Crippen LogP contribution >= 0.6 is 22.9 Å². The van der Waals surface area contributed by atoms with E-state index in [2.05, 4.69) is 0 Å². The molecule has 0 aliphatic heterocycles. The molecule has 0 unspecified atom stereocenters. The molecule has 1 amide bonds. The van der Waals surface area contributed by atoms with Crippen LogP contribution in [-0.4, -0.2) is 18.9 Å². The van der Waals surface area contributed by atoms with E-state index >= 15 is 0 Å². The van der Waals surface area contributed by atoms with Crippen molar-refractivity contribution in [3.8, 4) is 5.75 Å². The molecule has 3 aromatic rings. The third-order valence-electron chi connectivity index (χ3n) is 3.81. The van der Waals surface area contributed by atoms with Crippen LogP contribution in [0.4, 0.5) is 5.69 Å². The highest BCUT2D eigenvalue weighted by Crippen LogP contribution is 2.24. The summed E-state index contributed by atoms with van der Waals surface area (Å²) in [5, 5.41) is 0. The van der Waals surface area contributed by atoms with E-state index in [4.69, 9.17) is 16.3 Å². The molecule has 132 valence electrons. The average molecular weight is 386 g/mol. The van der Waals surface area contributed by atoms with Crippen molar-refractivity contribution in [2.24, 2.45) is 0 Å². The van der Waals surface area contributed by atoms with Gasteiger partial charge in [0.25, 0.3) is 5.91 Å². The number of nitrogens with zero attached hydrogens (tertiary/aromatic N) is 1. The summed E-state index contributed by atoms with van der Waals surface area (Å²) in [5.41, 5.74) is 2.42. The van der Waals surface area contributed by atoms with Gasteiger partial charge < -0.3 is 9.64 Å². The van der Waals surface area contributed by atoms with Crippen molar-refractivity contribution in [2.45, 2.75) is 6.92 Å². The van der Waals surface area contributed by atoms with E-state index in [0.717, 1.165) is 16.9 Å². The normalized spacial score (nSPS) is 10.4. The lowest BCUT2D eigenvalue weighted by molar-refractivity contribution is 0.0739. The first-order valence-electron chi connectivity index (χ1n) is 7.86. The Kier molecular flexibility index (Phi) is 5.40. The van der Waals surface area contributed by atoms with Gasteiger partial charge in [0.1, 0.15) is 10.6 Å². The van der Waals surface area contributed by atoms with E-state index in [9.17, 15) is 9.59 Å². The van der Waals surface area contributed by atoms with Gasteiger partial charge in [-0.25, -0.2) is 4.79 Å². The topological polar surface area (TPSA) is 46.6 Å². The quantitative estimate of drug-likeness (QED) is 0.457. The maximum atomic E-state index is 12.5. The van der Waals surface area contributed by atoms with Crippen LogP contribution < -0.4 is 9.64 Å². The van der Waals surface area contributed by atoms with Gasteiger partial charge in [0.15, 0.2) is 0 Å². The summed E-state index contributed by atoms with van der Waals surface area (Å²) in [5.74, 6) is -0.166. The Morgan fingerprint density at radius 2 is 1.62 bits per heavy atom. The number of aryl methyl sites for hydroxylation is 1. The first-order valence-corrected chi connectivity index (χ1v) is 9.06. The lowest BCUT2D eigenvalue weighted by atomic mass is 10.1. The van der Waals surface area contributed by atoms with Crippen molar-refractivity contribution in [2.75, 3.05) is 11.9 Å². The fraction of sp³-hybridized carbons (Fsp3) is 0.100. The second-order valence-electron chi connectivity index (χ2n) is 5.72. The summed E-state index contributed by atoms with van der Waals surface area (Å²) < 4.78 is 5.85. The molecule has 0 radical (unpaired) electrons. The van der Waals surface area contributed by atoms with Crippen molar-refractivity contribution in [3.05, 3.63) is 81.0 Å². The van der Waals surface area contributed by atoms with Crippen molar-refractivity contribution < 1.29 is 14.3 Å². The second-order valence-corrected chi connectivity index (χ2v) is 7.43. The number of anilines is 1. The van der Waals surface area contributed by atoms with Crippen LogP contribution in [0, 0.1) is 6.92 Å². The zero-order valence-electron chi connectivity index (χ0n) is 14.2. The Morgan fingerprint density at radius 1 is 0.962 bits per heavy atom. The number of amides is 1. The van der Waals surface area contributed by atoms with Gasteiger partial charge >= 0.3 is 5.97 Å². The molecule has 4 nitrogen and oxygen atoms in total. The van der Waals surface area contributed by atoms with E-state index in [1.54, 1.807) is 60.5 Å². The van der Waals surface area contributed by atoms with Gasteiger partial charge in [-0.05, 0) is 55.5 Å². The third kappa shape index (κ3) is 4.12. The lowest BCUT2D eigenvalue weighted by Gasteiger charge is -2.18. The summed E-state index contributed by atoms with van der Waals surface area (Å²) in [6.45, 7) is 1.97. The summed E-state index contributed by atoms with van der Waals surface area (Å²) >= 11 is 6.99. The minimum Gasteiger partial charge on any atom is -0.422 e. The minimum absolute atomic E-state index is 0.108. The second kappa shape index (κ2) is 7.72. The Bertz CT molecular complexity index is 932. The van der Waals surface area contributed by atoms with Gasteiger partial charge in [0.2, 0.25) is 0 Å². The van der Waals surface area contributed by atoms with Crippen LogP contribution in [0.1, 0.15) is 25.6 Å². The largest absolute Gasteiger partial charge is 0.422 e. The fourth-order valence-corrected chi connectivity index (χ4v) is 3.25. The molecule has 0 N–H and O–H groups in total. The monoisotopic (exact) mass is 385 g/mol. The van der Waals surface area contributed by atoms with Crippen molar-refractivity contribution >= 4 is 40.5 Å². The van der Waals surface area contributed by atoms with Gasteiger partial charge in [-0.15, -0.1) is 11.3 Å². The SMILES string of the molecule is Cc1ccc(C(=O)N(C)c2ccc(OC(=O)c3ccc(Cl)s3)cc2)cc1. The highest BCUT2D eigenvalue weighted by molar-refractivity contribution is 7.17. The van der Waals surface area contributed by atoms with E-state index in [0.29, 0.717) is 26.2 Å². The van der Waals surface area contributed by atoms with Crippen molar-refractivity contribution in [1.29, 1.82) is 0 Å². The predicted molar refractivity (Wildman–Crippen MR) is 105 cm³/mol. The fourth-order valence-electron chi connectivity index (χ4n) is 2.33. The Labute approximate surface area is 160 Å². The smallest absolute Gasteiger partial charge is 0.353 e. The number of ether oxygens (including phenoxy) is 1. The molecular weight excluding hydrogens is 370 g/mol. The Balaban J connectivity index is 1.69. The Hall–Kier alpha value is -2.63. The molecule has 0 saturated heterocycles. The molecule has 0 atom stereocenters. The van der Waals surface area contributed by atoms with Gasteiger partial charge in [0, 0.05) is 18.3 Å². The van der Waals surface area contributed by atoms with Crippen LogP contribution in [0.3, 0.4) is 0 Å². The number of rotatable bonds is 4. The van der Waals surface area contributed by atoms with E-state index in [1.807, 2.05) is 19.1 Å². The zero-order valence-corrected chi connectivity index (χ0v) is 15.8. The lowest BCUT2D eigenvalue weighted by Crippen LogP contribution is -2.26. The summed E-state index contributed by atoms with van der Waals surface area (Å²) in [6.07, 6.45) is 0. The van der Waals surface area contributed by atoms with Gasteiger partial charge in [-0.3, -0.25) is 4.79 Å². The van der Waals surface area contributed by atoms with Gasteiger partial charge in [-0.2, -0.15) is 0 Å². The van der Waals surface area contributed by atoms with Crippen LogP contribution in [0.5, 0.6) is 5.75 Å². The highest BCUT2D eigenvalue weighted by atomic mass is 35.5. The zero-order chi connectivity index (χ0) is 18.7. The molecule has 1 heterocycles. The van der Waals surface area contributed by atoms with Crippen LogP contribution in [0.2, 0.25) is 4.34 Å². The molecule has 0 spiro atoms. The summed E-state index contributed by atoms with van der Waals surface area (Å²) in [6, 6.07) is 17.5. The number of benzene rings is 2. The van der Waals surface area contributed by atoms with Crippen LogP contribution in [0.25, 0.3) is 0 Å². The standard InChI is InChI=1S/C20H16ClNO3S/c1-13-3-5-14(6-4-13)19(23)22(2)15-7-9-16(10-8-15)25-20(24)17-11-12-18(21)26-17/h3-12H,1-2H3. The number of halogens is 1. The molecule has 6 heteroatoms. The molecule has 0 aliphatic rings. The van der Waals surface area contributed by atoms with Crippen LogP contribution in [0.15, 0.2) is 60.7 Å². The molecule has 3 rings (SSSR count). The number of thiophene rings is 1. The third-order valence-corrected chi connectivity index (χ3v) is 5.02. The molecule has 2 aromatic carbocycles. The van der Waals surface area contributed by atoms with E-state index in [1.165, 1.54) is 0 Å². The van der Waals surface area contributed by atoms with Crippen molar-refractivity contribution in [1.82, 2.24) is 0 Å². The molecule has 0 bridgehead atoms. The molecule has 0 fully saturated rings. The maximum Gasteiger partial charge on any atom is 0.353 e. The highest BCUT2D eigenvalue weighted by Gasteiger charge is 2.15. The molecular formula is C20H16ClNO3S. The summed E-state index contributed by atoms with van der Waals surface area (Å²) in [7, 11) is 1.71. The summed E-state index contributed by atoms with van der Waals surface area (Å²) in [4.78, 5) is 26.6. The maximum absolute atomic E-state index is 12.5. The Morgan fingerprint density at radius 3 is 2.19 bits per heavy atom. The number of hydrogen-bond donors (Lipinski definition) is 0. The molecule has 1 aromatic heterocycles. The number of esters is 1. The first kappa shape index (κ1) is 18.2. The molecule has 0 aliphatic carbocycles. The van der Waals surface area contributed by atoms with Crippen LogP contribution in [-0.2, 0) is 0 Å². The number of carbonyl (C=O) groups is 2. The van der Waals surface area contributed by atoms with Crippen molar-refractivity contribution in [3.63, 3.8) is 0 Å². The average Bonchev–Trinajstić information content (AvgIpc) is 3.08.